The fourth-order valence-electron chi connectivity index (χ4n) is 3.13. The first-order valence-corrected chi connectivity index (χ1v) is 9.33. The molecule has 29 heavy (non-hydrogen) atoms. The van der Waals surface area contributed by atoms with Crippen molar-refractivity contribution in [1.82, 2.24) is 30.4 Å². The van der Waals surface area contributed by atoms with Crippen LogP contribution in [0.1, 0.15) is 42.4 Å². The molecule has 1 aliphatic heterocycles. The van der Waals surface area contributed by atoms with Crippen LogP contribution in [-0.2, 0) is 6.54 Å². The average molecular weight is 430 g/mol. The maximum absolute atomic E-state index is 13.3. The highest BCUT2D eigenvalue weighted by Crippen LogP contribution is 2.39. The van der Waals surface area contributed by atoms with Crippen molar-refractivity contribution >= 4 is 34.7 Å². The van der Waals surface area contributed by atoms with Crippen LogP contribution in [0, 0.1) is 6.92 Å². The van der Waals surface area contributed by atoms with E-state index in [-0.39, 0.29) is 22.9 Å². The van der Waals surface area contributed by atoms with E-state index in [4.69, 9.17) is 12.2 Å². The second kappa shape index (κ2) is 7.89. The minimum Gasteiger partial charge on any atom is -0.367 e. The predicted molar refractivity (Wildman–Crippen MR) is 104 cm³/mol. The Hall–Kier alpha value is -2.83. The number of fused-ring (bicyclic) bond motifs is 1. The molecule has 158 valence electrons. The number of carbonyl (C=O) groups excluding carboxylic acids is 1. The third-order valence-corrected chi connectivity index (χ3v) is 4.82. The molecule has 2 aromatic rings. The van der Waals surface area contributed by atoms with Gasteiger partial charge in [-0.05, 0) is 39.4 Å². The summed E-state index contributed by atoms with van der Waals surface area (Å²) in [6, 6.07) is -2.25. The summed E-state index contributed by atoms with van der Waals surface area (Å²) in [4.78, 5) is 12.5. The lowest BCUT2D eigenvalue weighted by Crippen LogP contribution is -2.44. The van der Waals surface area contributed by atoms with E-state index in [2.05, 4.69) is 31.7 Å². The number of aromatic nitrogens is 4. The van der Waals surface area contributed by atoms with Gasteiger partial charge in [0, 0.05) is 12.6 Å². The van der Waals surface area contributed by atoms with Gasteiger partial charge in [-0.1, -0.05) is 0 Å². The Morgan fingerprint density at radius 3 is 2.69 bits per heavy atom. The third-order valence-electron chi connectivity index (χ3n) is 4.61. The van der Waals surface area contributed by atoms with Crippen LogP contribution >= 0.6 is 12.2 Å². The predicted octanol–water partition coefficient (Wildman–Crippen LogP) is 2.35. The quantitative estimate of drug-likeness (QED) is 0.438. The molecular formula is C16H21F3N8OS. The van der Waals surface area contributed by atoms with Gasteiger partial charge in [-0.2, -0.15) is 23.4 Å². The minimum absolute atomic E-state index is 0.0175. The van der Waals surface area contributed by atoms with Crippen LogP contribution in [0.3, 0.4) is 0 Å². The molecule has 0 aliphatic carbocycles. The summed E-state index contributed by atoms with van der Waals surface area (Å²) in [6.45, 7) is 6.13. The Kier molecular flexibility index (Phi) is 5.68. The molecule has 4 N–H and O–H groups in total. The van der Waals surface area contributed by atoms with Crippen molar-refractivity contribution in [3.63, 3.8) is 0 Å². The van der Waals surface area contributed by atoms with Crippen LogP contribution < -0.4 is 21.5 Å². The van der Waals surface area contributed by atoms with Crippen LogP contribution in [0.15, 0.2) is 12.4 Å². The van der Waals surface area contributed by atoms with Gasteiger partial charge in [0.1, 0.15) is 11.4 Å². The van der Waals surface area contributed by atoms with Gasteiger partial charge in [0.05, 0.1) is 23.8 Å². The molecule has 2 aromatic heterocycles. The number of anilines is 2. The van der Waals surface area contributed by atoms with Crippen LogP contribution in [0.5, 0.6) is 0 Å². The molecular weight excluding hydrogens is 409 g/mol. The van der Waals surface area contributed by atoms with Crippen molar-refractivity contribution in [2.75, 3.05) is 10.6 Å². The lowest BCUT2D eigenvalue weighted by molar-refractivity contribution is -0.173. The van der Waals surface area contributed by atoms with E-state index in [9.17, 15) is 18.0 Å². The van der Waals surface area contributed by atoms with Crippen molar-refractivity contribution in [3.8, 4) is 0 Å². The molecule has 1 aliphatic rings. The number of amides is 1. The first-order chi connectivity index (χ1) is 13.6. The molecule has 13 heteroatoms. The molecule has 0 bridgehead atoms. The van der Waals surface area contributed by atoms with E-state index in [1.54, 1.807) is 17.8 Å². The van der Waals surface area contributed by atoms with Crippen LogP contribution in [0.2, 0.25) is 0 Å². The van der Waals surface area contributed by atoms with E-state index in [0.29, 0.717) is 12.2 Å². The van der Waals surface area contributed by atoms with Crippen LogP contribution in [0.4, 0.5) is 24.7 Å². The normalized spacial score (nSPS) is 18.6. The Balaban J connectivity index is 1.67. The van der Waals surface area contributed by atoms with E-state index < -0.39 is 24.2 Å². The summed E-state index contributed by atoms with van der Waals surface area (Å²) in [6.07, 6.45) is -1.93. The molecule has 0 radical (unpaired) electrons. The number of rotatable bonds is 3. The number of carbonyl (C=O) groups is 1. The molecule has 9 nitrogen and oxygen atoms in total. The first-order valence-electron chi connectivity index (χ1n) is 8.92. The van der Waals surface area contributed by atoms with E-state index in [1.807, 2.05) is 13.8 Å². The highest BCUT2D eigenvalue weighted by Gasteiger charge is 2.46. The van der Waals surface area contributed by atoms with Crippen molar-refractivity contribution < 1.29 is 18.0 Å². The second-order valence-electron chi connectivity index (χ2n) is 6.68. The monoisotopic (exact) mass is 430 g/mol. The Morgan fingerprint density at radius 2 is 2.07 bits per heavy atom. The van der Waals surface area contributed by atoms with Crippen LogP contribution in [-0.4, -0.2) is 42.8 Å². The van der Waals surface area contributed by atoms with E-state index >= 15 is 0 Å². The molecule has 1 amide bonds. The maximum atomic E-state index is 13.3. The Bertz CT molecular complexity index is 922. The van der Waals surface area contributed by atoms with Crippen molar-refractivity contribution in [3.05, 3.63) is 23.7 Å². The molecule has 0 saturated heterocycles. The summed E-state index contributed by atoms with van der Waals surface area (Å²) in [5.74, 6) is -0.650. The zero-order valence-electron chi connectivity index (χ0n) is 16.0. The zero-order chi connectivity index (χ0) is 21.3. The topological polar surface area (TPSA) is 101 Å². The molecule has 2 atom stereocenters. The standard InChI is InChI=1S/C16H21F3N8OS/c1-4-26-9(3)11(7-20-26)23-15(29)25-24-14(28)10-6-21-27-12(16(17,18)19)5-8(2)22-13(10)27/h6-8,12,22H,4-5H2,1-3H3,(H,24,28)(H2,23,25,29)/t8-,12-/m1/s1. The molecule has 0 fully saturated rings. The zero-order valence-corrected chi connectivity index (χ0v) is 16.8. The number of hydrogen-bond donors (Lipinski definition) is 4. The number of nitrogens with one attached hydrogen (secondary N) is 4. The van der Waals surface area contributed by atoms with Gasteiger partial charge in [-0.15, -0.1) is 0 Å². The van der Waals surface area contributed by atoms with Gasteiger partial charge in [0.25, 0.3) is 5.91 Å². The summed E-state index contributed by atoms with van der Waals surface area (Å²) in [5, 5.41) is 13.8. The summed E-state index contributed by atoms with van der Waals surface area (Å²) >= 11 is 5.14. The molecule has 3 heterocycles. The highest BCUT2D eigenvalue weighted by molar-refractivity contribution is 7.80. The smallest absolute Gasteiger partial charge is 0.367 e. The van der Waals surface area contributed by atoms with Gasteiger partial charge < -0.3 is 10.6 Å². The van der Waals surface area contributed by atoms with Crippen molar-refractivity contribution in [1.29, 1.82) is 0 Å². The number of halogens is 3. The number of hydrogen-bond acceptors (Lipinski definition) is 5. The summed E-state index contributed by atoms with van der Waals surface area (Å²) in [5.41, 5.74) is 6.42. The van der Waals surface area contributed by atoms with Gasteiger partial charge in [-0.3, -0.25) is 20.3 Å². The average Bonchev–Trinajstić information content (AvgIpc) is 3.22. The van der Waals surface area contributed by atoms with Gasteiger partial charge in [0.2, 0.25) is 0 Å². The summed E-state index contributed by atoms with van der Waals surface area (Å²) < 4.78 is 42.4. The van der Waals surface area contributed by atoms with E-state index in [0.717, 1.165) is 16.6 Å². The van der Waals surface area contributed by atoms with Gasteiger partial charge in [0.15, 0.2) is 11.2 Å². The molecule has 0 unspecified atom stereocenters. The lowest BCUT2D eigenvalue weighted by atomic mass is 10.1. The largest absolute Gasteiger partial charge is 0.410 e. The third kappa shape index (κ3) is 4.28. The van der Waals surface area contributed by atoms with Crippen molar-refractivity contribution in [2.24, 2.45) is 0 Å². The number of nitrogens with zero attached hydrogens (tertiary/aromatic N) is 4. The fraction of sp³-hybridized carbons (Fsp3) is 0.500. The second-order valence-corrected chi connectivity index (χ2v) is 7.09. The molecule has 0 spiro atoms. The number of hydrazine groups is 1. The van der Waals surface area contributed by atoms with Crippen molar-refractivity contribution in [2.45, 2.75) is 52.0 Å². The number of aryl methyl sites for hydroxylation is 1. The first kappa shape index (κ1) is 20.9. The molecule has 0 saturated carbocycles. The van der Waals surface area contributed by atoms with Crippen LogP contribution in [0.25, 0.3) is 0 Å². The summed E-state index contributed by atoms with van der Waals surface area (Å²) in [7, 11) is 0. The highest BCUT2D eigenvalue weighted by atomic mass is 32.1. The number of thiocarbonyl (C=S) groups is 1. The molecule has 3 rings (SSSR count). The Labute approximate surface area is 170 Å². The Morgan fingerprint density at radius 1 is 1.34 bits per heavy atom. The maximum Gasteiger partial charge on any atom is 0.410 e. The van der Waals surface area contributed by atoms with Gasteiger partial charge >= 0.3 is 6.18 Å². The number of alkyl halides is 3. The van der Waals surface area contributed by atoms with Gasteiger partial charge in [-0.25, -0.2) is 4.68 Å². The fourth-order valence-corrected chi connectivity index (χ4v) is 3.29. The molecule has 0 aromatic carbocycles. The SMILES string of the molecule is CCn1ncc(NC(=S)NNC(=O)c2cnn3c2N[C@H](C)C[C@@H]3C(F)(F)F)c1C. The lowest BCUT2D eigenvalue weighted by Gasteiger charge is -2.31. The van der Waals surface area contributed by atoms with E-state index in [1.165, 1.54) is 0 Å². The minimum atomic E-state index is -4.46.